The topological polar surface area (TPSA) is 29.5 Å². The van der Waals surface area contributed by atoms with Gasteiger partial charge in [0.25, 0.3) is 0 Å². The minimum Gasteiger partial charge on any atom is -0.389 e. The van der Waals surface area contributed by atoms with Gasteiger partial charge in [0.05, 0.1) is 16.8 Å². The van der Waals surface area contributed by atoms with E-state index in [0.717, 1.165) is 12.8 Å². The number of hydrogen-bond acceptors (Lipinski definition) is 2. The van der Waals surface area contributed by atoms with Gasteiger partial charge >= 0.3 is 0 Å². The van der Waals surface area contributed by atoms with Crippen LogP contribution in [0.2, 0.25) is 0 Å². The summed E-state index contributed by atoms with van der Waals surface area (Å²) in [6, 6.07) is 0. The van der Waals surface area contributed by atoms with Crippen LogP contribution in [-0.4, -0.2) is 21.9 Å². The highest BCUT2D eigenvalue weighted by Gasteiger charge is 2.55. The molecule has 1 rings (SSSR count). The van der Waals surface area contributed by atoms with Gasteiger partial charge in [0.15, 0.2) is 0 Å². The third kappa shape index (κ3) is 2.28. The molecule has 2 heteroatoms. The largest absolute Gasteiger partial charge is 0.389 e. The Bertz CT molecular complexity index is 255. The van der Waals surface area contributed by atoms with Gasteiger partial charge in [-0.25, -0.2) is 0 Å². The van der Waals surface area contributed by atoms with Gasteiger partial charge in [0.2, 0.25) is 0 Å². The van der Waals surface area contributed by atoms with Gasteiger partial charge < -0.3 is 9.84 Å². The Morgan fingerprint density at radius 2 is 1.81 bits per heavy atom. The van der Waals surface area contributed by atoms with Crippen molar-refractivity contribution in [1.82, 2.24) is 0 Å². The highest BCUT2D eigenvalue weighted by Crippen LogP contribution is 2.50. The van der Waals surface area contributed by atoms with E-state index < -0.39 is 5.60 Å². The molecule has 1 fully saturated rings. The Kier molecular flexibility index (Phi) is 3.49. The quantitative estimate of drug-likeness (QED) is 0.802. The SMILES string of the molecule is CCC(O)(C(C)C)C1CC(C)(C)OC1(C)C. The molecule has 16 heavy (non-hydrogen) atoms. The lowest BCUT2D eigenvalue weighted by atomic mass is 9.68. The lowest BCUT2D eigenvalue weighted by Gasteiger charge is -2.42. The van der Waals surface area contributed by atoms with Crippen LogP contribution in [0.15, 0.2) is 0 Å². The zero-order valence-electron chi connectivity index (χ0n) is 11.9. The maximum absolute atomic E-state index is 10.9. The van der Waals surface area contributed by atoms with Crippen LogP contribution < -0.4 is 0 Å². The summed E-state index contributed by atoms with van der Waals surface area (Å²) in [6.45, 7) is 14.7. The highest BCUT2D eigenvalue weighted by molar-refractivity contribution is 5.04. The van der Waals surface area contributed by atoms with E-state index in [4.69, 9.17) is 4.74 Å². The second-order valence-electron chi connectivity index (χ2n) is 6.72. The number of rotatable bonds is 3. The average molecular weight is 228 g/mol. The summed E-state index contributed by atoms with van der Waals surface area (Å²) in [6.07, 6.45) is 1.72. The molecule has 1 N–H and O–H groups in total. The zero-order chi connectivity index (χ0) is 12.8. The molecule has 2 unspecified atom stereocenters. The molecular weight excluding hydrogens is 200 g/mol. The predicted octanol–water partition coefficient (Wildman–Crippen LogP) is 3.38. The molecular formula is C14H28O2. The summed E-state index contributed by atoms with van der Waals surface area (Å²) < 4.78 is 6.09. The Balaban J connectivity index is 3.04. The van der Waals surface area contributed by atoms with Crippen LogP contribution >= 0.6 is 0 Å². The first kappa shape index (κ1) is 14.0. The minimum atomic E-state index is -0.614. The standard InChI is InChI=1S/C14H28O2/c1-8-14(15,10(2)3)11-9-12(4,5)16-13(11,6)7/h10-11,15H,8-9H2,1-7H3. The summed E-state index contributed by atoms with van der Waals surface area (Å²) in [4.78, 5) is 0. The van der Waals surface area contributed by atoms with Crippen LogP contribution in [0.5, 0.6) is 0 Å². The molecule has 2 nitrogen and oxygen atoms in total. The van der Waals surface area contributed by atoms with Gasteiger partial charge in [-0.2, -0.15) is 0 Å². The van der Waals surface area contributed by atoms with Gasteiger partial charge in [-0.1, -0.05) is 20.8 Å². The van der Waals surface area contributed by atoms with Gasteiger partial charge in [-0.05, 0) is 46.5 Å². The van der Waals surface area contributed by atoms with E-state index in [1.807, 2.05) is 0 Å². The molecule has 1 aliphatic rings. The van der Waals surface area contributed by atoms with E-state index in [1.165, 1.54) is 0 Å². The van der Waals surface area contributed by atoms with E-state index in [0.29, 0.717) is 0 Å². The van der Waals surface area contributed by atoms with Crippen molar-refractivity contribution in [1.29, 1.82) is 0 Å². The molecule has 0 aromatic heterocycles. The maximum Gasteiger partial charge on any atom is 0.0724 e. The molecule has 0 amide bonds. The van der Waals surface area contributed by atoms with E-state index in [1.54, 1.807) is 0 Å². The molecule has 0 aliphatic carbocycles. The molecule has 2 atom stereocenters. The molecule has 96 valence electrons. The van der Waals surface area contributed by atoms with E-state index in [9.17, 15) is 5.11 Å². The van der Waals surface area contributed by atoms with Crippen LogP contribution in [-0.2, 0) is 4.74 Å². The van der Waals surface area contributed by atoms with Gasteiger partial charge in [0, 0.05) is 5.92 Å². The summed E-state index contributed by atoms with van der Waals surface area (Å²) in [7, 11) is 0. The molecule has 0 aromatic carbocycles. The van der Waals surface area contributed by atoms with Crippen molar-refractivity contribution in [3.05, 3.63) is 0 Å². The fraction of sp³-hybridized carbons (Fsp3) is 1.00. The van der Waals surface area contributed by atoms with Gasteiger partial charge in [-0.15, -0.1) is 0 Å². The summed E-state index contributed by atoms with van der Waals surface area (Å²) >= 11 is 0. The van der Waals surface area contributed by atoms with E-state index in [-0.39, 0.29) is 23.0 Å². The lowest BCUT2D eigenvalue weighted by Crippen LogP contribution is -2.49. The first-order chi connectivity index (χ1) is 7.05. The van der Waals surface area contributed by atoms with Crippen LogP contribution in [0, 0.1) is 11.8 Å². The third-order valence-corrected chi connectivity index (χ3v) is 4.24. The molecule has 0 radical (unpaired) electrons. The molecule has 1 saturated heterocycles. The maximum atomic E-state index is 10.9. The smallest absolute Gasteiger partial charge is 0.0724 e. The van der Waals surface area contributed by atoms with Crippen LogP contribution in [0.1, 0.15) is 61.3 Å². The molecule has 0 spiro atoms. The Morgan fingerprint density at radius 3 is 2.06 bits per heavy atom. The number of aliphatic hydroxyl groups is 1. The van der Waals surface area contributed by atoms with E-state index >= 15 is 0 Å². The highest BCUT2D eigenvalue weighted by atomic mass is 16.5. The average Bonchev–Trinajstić information content (AvgIpc) is 2.33. The first-order valence-electron chi connectivity index (χ1n) is 6.48. The second kappa shape index (κ2) is 3.99. The van der Waals surface area contributed by atoms with E-state index in [2.05, 4.69) is 48.5 Å². The predicted molar refractivity (Wildman–Crippen MR) is 67.4 cm³/mol. The summed E-state index contributed by atoms with van der Waals surface area (Å²) in [5, 5.41) is 10.9. The monoisotopic (exact) mass is 228 g/mol. The third-order valence-electron chi connectivity index (χ3n) is 4.24. The Morgan fingerprint density at radius 1 is 1.31 bits per heavy atom. The fourth-order valence-electron chi connectivity index (χ4n) is 3.40. The second-order valence-corrected chi connectivity index (χ2v) is 6.72. The van der Waals surface area contributed by atoms with Crippen molar-refractivity contribution >= 4 is 0 Å². The molecule has 0 saturated carbocycles. The van der Waals surface area contributed by atoms with Crippen LogP contribution in [0.25, 0.3) is 0 Å². The van der Waals surface area contributed by atoms with Crippen LogP contribution in [0.4, 0.5) is 0 Å². The van der Waals surface area contributed by atoms with Crippen LogP contribution in [0.3, 0.4) is 0 Å². The molecule has 0 aromatic rings. The summed E-state index contributed by atoms with van der Waals surface area (Å²) in [5.41, 5.74) is -0.970. The zero-order valence-corrected chi connectivity index (χ0v) is 11.9. The van der Waals surface area contributed by atoms with Gasteiger partial charge in [-0.3, -0.25) is 0 Å². The van der Waals surface area contributed by atoms with Crippen molar-refractivity contribution in [2.24, 2.45) is 11.8 Å². The Labute approximate surface area is 100 Å². The normalized spacial score (nSPS) is 31.7. The summed E-state index contributed by atoms with van der Waals surface area (Å²) in [5.74, 6) is 0.472. The fourth-order valence-corrected chi connectivity index (χ4v) is 3.40. The first-order valence-corrected chi connectivity index (χ1v) is 6.48. The lowest BCUT2D eigenvalue weighted by molar-refractivity contribution is -0.130. The van der Waals surface area contributed by atoms with Crippen molar-refractivity contribution < 1.29 is 9.84 Å². The van der Waals surface area contributed by atoms with Crippen molar-refractivity contribution in [2.75, 3.05) is 0 Å². The van der Waals surface area contributed by atoms with Crippen molar-refractivity contribution in [3.8, 4) is 0 Å². The minimum absolute atomic E-state index is 0.119. The van der Waals surface area contributed by atoms with Crippen molar-refractivity contribution in [2.45, 2.75) is 78.1 Å². The number of ether oxygens (including phenoxy) is 1. The molecule has 1 aliphatic heterocycles. The van der Waals surface area contributed by atoms with Crippen molar-refractivity contribution in [3.63, 3.8) is 0 Å². The Hall–Kier alpha value is -0.0800. The van der Waals surface area contributed by atoms with Gasteiger partial charge in [0.1, 0.15) is 0 Å². The molecule has 0 bridgehead atoms. The number of hydrogen-bond donors (Lipinski definition) is 1. The molecule has 1 heterocycles.